The minimum Gasteiger partial charge on any atom is -0.481 e. The van der Waals surface area contributed by atoms with E-state index in [4.69, 9.17) is 15.2 Å². The van der Waals surface area contributed by atoms with E-state index in [1.54, 1.807) is 72.8 Å². The minimum absolute atomic E-state index is 0.0379. The smallest absolute Gasteiger partial charge is 0.303 e. The molecule has 4 aromatic rings. The highest BCUT2D eigenvalue weighted by Gasteiger charge is 2.32. The number of carboxylic acids is 3. The Morgan fingerprint density at radius 3 is 1.57 bits per heavy atom. The molecule has 9 amide bonds. The van der Waals surface area contributed by atoms with Crippen LogP contribution in [-0.4, -0.2) is 195 Å². The topological polar surface area (TPSA) is 371 Å². The van der Waals surface area contributed by atoms with E-state index in [-0.39, 0.29) is 76.7 Å². The third-order valence-electron chi connectivity index (χ3n) is 16.8. The predicted molar refractivity (Wildman–Crippen MR) is 352 cm³/mol. The van der Waals surface area contributed by atoms with Gasteiger partial charge in [-0.1, -0.05) is 98.8 Å². The highest BCUT2D eigenvalue weighted by Crippen LogP contribution is 2.33. The van der Waals surface area contributed by atoms with Crippen LogP contribution in [0.3, 0.4) is 0 Å². The van der Waals surface area contributed by atoms with E-state index in [1.165, 1.54) is 21.6 Å². The van der Waals surface area contributed by atoms with Crippen LogP contribution in [0.2, 0.25) is 0 Å². The standard InChI is InChI=1S/C69H87N9O17S/c70-58(79)41-75-39-53(33-47-13-6-2-7-14-47)73-61(82)43-76(64(85)28-31-68(91)92)37-51(22-29-66(87)88)71-60(81)44-78(65(86)36-49-18-26-56-57(35-49)95-45-94-56)38-52(23-30-67(89)90)72-59(80)42-77(63(84)27-19-46-11-4-1-5-12-46)40-54(34-48-15-8-3-9-16-48)74-69(93)50-20-24-55(25-21-50)96-32-10-17-62(75)83/h2-3,6-9,13-16,18,20-21,24-26,35,46,51-54H,1,4-5,10-12,17,19,22-23,27-34,36-45H2,(H2,70,79)(H,71,81)(H,72,80)(H,73,82)(H,74,93)(H,87,88)(H,89,90)(H,91,92)/t51-,52-,53-,54-/m0/s1. The zero-order valence-electron chi connectivity index (χ0n) is 53.8. The van der Waals surface area contributed by atoms with Crippen LogP contribution in [0.5, 0.6) is 11.5 Å². The number of ether oxygens (including phenoxy) is 2. The largest absolute Gasteiger partial charge is 0.481 e. The van der Waals surface area contributed by atoms with E-state index in [1.807, 2.05) is 30.3 Å². The molecule has 96 heavy (non-hydrogen) atoms. The molecule has 9 N–H and O–H groups in total. The van der Waals surface area contributed by atoms with Gasteiger partial charge in [-0.2, -0.15) is 0 Å². The third-order valence-corrected chi connectivity index (χ3v) is 17.9. The van der Waals surface area contributed by atoms with Crippen LogP contribution in [0.4, 0.5) is 0 Å². The summed E-state index contributed by atoms with van der Waals surface area (Å²) in [5.74, 6) is -8.57. The maximum atomic E-state index is 14.8. The fourth-order valence-corrected chi connectivity index (χ4v) is 12.8. The number of fused-ring (bicyclic) bond motifs is 30. The van der Waals surface area contributed by atoms with E-state index in [9.17, 15) is 72.9 Å². The van der Waals surface area contributed by atoms with Crippen molar-refractivity contribution in [3.8, 4) is 11.5 Å². The molecule has 1 fully saturated rings. The fraction of sp³-hybridized carbons (Fsp3) is 0.478. The lowest BCUT2D eigenvalue weighted by Gasteiger charge is -2.32. The molecule has 3 aliphatic heterocycles. The zero-order valence-corrected chi connectivity index (χ0v) is 54.6. The monoisotopic (exact) mass is 1350 g/mol. The lowest BCUT2D eigenvalue weighted by molar-refractivity contribution is -0.142. The molecular formula is C69H87N9O17S. The Hall–Kier alpha value is -9.53. The summed E-state index contributed by atoms with van der Waals surface area (Å²) < 4.78 is 11.0. The summed E-state index contributed by atoms with van der Waals surface area (Å²) in [5, 5.41) is 41.1. The highest BCUT2D eigenvalue weighted by atomic mass is 32.2. The molecule has 26 nitrogen and oxygen atoms in total. The third kappa shape index (κ3) is 26.0. The van der Waals surface area contributed by atoms with Gasteiger partial charge >= 0.3 is 17.9 Å². The SMILES string of the molecule is NC(=O)CN1C[C@H](Cc2ccccc2)NC(=O)CN(C(=O)CCC(=O)O)C[C@H](CCC(=O)O)NC(=O)CN(C(=O)Cc2ccc3c(c2)OCO3)C[C@H](CCC(=O)O)NC(=O)CN(C(=O)CCC2CCCCC2)C[C@H](Cc2ccccc2)NC(=O)c2ccc(cc2)SCCCC1=O. The number of amides is 9. The number of hydrogen-bond donors (Lipinski definition) is 8. The molecule has 0 unspecified atom stereocenters. The average Bonchev–Trinajstić information content (AvgIpc) is 1.59. The van der Waals surface area contributed by atoms with Crippen LogP contribution >= 0.6 is 11.8 Å². The van der Waals surface area contributed by atoms with Crippen LogP contribution in [0.15, 0.2) is 108 Å². The van der Waals surface area contributed by atoms with Crippen molar-refractivity contribution in [2.24, 2.45) is 11.7 Å². The average molecular weight is 1350 g/mol. The number of carboxylic acid groups (broad SMARTS) is 3. The number of nitrogens with zero attached hydrogens (tertiary/aromatic N) is 4. The van der Waals surface area contributed by atoms with Crippen molar-refractivity contribution in [3.05, 3.63) is 125 Å². The molecule has 0 saturated heterocycles. The van der Waals surface area contributed by atoms with Crippen molar-refractivity contribution in [3.63, 3.8) is 0 Å². The molecule has 2 bridgehead atoms. The van der Waals surface area contributed by atoms with Gasteiger partial charge in [0.25, 0.3) is 5.91 Å². The maximum absolute atomic E-state index is 14.8. The molecule has 1 saturated carbocycles. The van der Waals surface area contributed by atoms with E-state index in [0.29, 0.717) is 46.8 Å². The van der Waals surface area contributed by atoms with Crippen molar-refractivity contribution >= 4 is 82.8 Å². The van der Waals surface area contributed by atoms with Crippen LogP contribution in [0, 0.1) is 5.92 Å². The quantitative estimate of drug-likeness (QED) is 0.0571. The summed E-state index contributed by atoms with van der Waals surface area (Å²) in [6, 6.07) is 25.6. The number of carbonyl (C=O) groups excluding carboxylic acids is 9. The lowest BCUT2D eigenvalue weighted by Crippen LogP contribution is -2.55. The molecular weight excluding hydrogens is 1260 g/mol. The maximum Gasteiger partial charge on any atom is 0.303 e. The van der Waals surface area contributed by atoms with Crippen molar-refractivity contribution in [2.45, 2.75) is 145 Å². The zero-order chi connectivity index (χ0) is 68.9. The van der Waals surface area contributed by atoms with Gasteiger partial charge in [-0.3, -0.25) is 57.5 Å². The molecule has 3 heterocycles. The van der Waals surface area contributed by atoms with Gasteiger partial charge in [-0.25, -0.2) is 0 Å². The highest BCUT2D eigenvalue weighted by molar-refractivity contribution is 7.99. The van der Waals surface area contributed by atoms with E-state index >= 15 is 0 Å². The normalized spacial score (nSPS) is 19.6. The van der Waals surface area contributed by atoms with Crippen LogP contribution in [-0.2, 0) is 72.0 Å². The number of carbonyl (C=O) groups is 12. The molecule has 4 aliphatic rings. The molecule has 516 valence electrons. The van der Waals surface area contributed by atoms with Crippen molar-refractivity contribution < 1.29 is 82.3 Å². The van der Waals surface area contributed by atoms with Crippen LogP contribution in [0.1, 0.15) is 123 Å². The second kappa shape index (κ2) is 38.1. The molecule has 0 aromatic heterocycles. The Morgan fingerprint density at radius 2 is 1.02 bits per heavy atom. The Kier molecular flexibility index (Phi) is 29.3. The molecule has 8 rings (SSSR count). The number of primary amides is 1. The van der Waals surface area contributed by atoms with Gasteiger partial charge in [0.2, 0.25) is 54.1 Å². The van der Waals surface area contributed by atoms with E-state index in [2.05, 4.69) is 21.3 Å². The van der Waals surface area contributed by atoms with Crippen molar-refractivity contribution in [1.29, 1.82) is 0 Å². The van der Waals surface area contributed by atoms with Crippen molar-refractivity contribution in [2.75, 3.05) is 64.9 Å². The first kappa shape index (κ1) is 73.9. The predicted octanol–water partition coefficient (Wildman–Crippen LogP) is 4.34. The number of benzene rings is 4. The fourth-order valence-electron chi connectivity index (χ4n) is 12.0. The van der Waals surface area contributed by atoms with Gasteiger partial charge in [0.15, 0.2) is 11.5 Å². The van der Waals surface area contributed by atoms with Crippen molar-refractivity contribution in [1.82, 2.24) is 40.9 Å². The second-order valence-electron chi connectivity index (χ2n) is 24.5. The molecule has 27 heteroatoms. The van der Waals surface area contributed by atoms with Gasteiger partial charge in [0, 0.05) is 80.8 Å². The number of aliphatic carboxylic acids is 3. The number of nitrogens with two attached hydrogens (primary N) is 1. The number of nitrogens with one attached hydrogen (secondary N) is 4. The first-order valence-corrected chi connectivity index (χ1v) is 33.5. The Bertz CT molecular complexity index is 3340. The molecule has 1 aliphatic carbocycles. The minimum atomic E-state index is -1.34. The summed E-state index contributed by atoms with van der Waals surface area (Å²) >= 11 is 1.42. The Labute approximate surface area is 561 Å². The first-order chi connectivity index (χ1) is 46.1. The van der Waals surface area contributed by atoms with E-state index in [0.717, 1.165) is 52.4 Å². The van der Waals surface area contributed by atoms with Crippen LogP contribution in [0.25, 0.3) is 0 Å². The van der Waals surface area contributed by atoms with Crippen LogP contribution < -0.4 is 36.5 Å². The summed E-state index contributed by atoms with van der Waals surface area (Å²) in [6.45, 7) is -4.11. The van der Waals surface area contributed by atoms with Gasteiger partial charge in [0.1, 0.15) is 0 Å². The van der Waals surface area contributed by atoms with Gasteiger partial charge in [-0.15, -0.1) is 11.8 Å². The van der Waals surface area contributed by atoms with Gasteiger partial charge in [-0.05, 0) is 103 Å². The lowest BCUT2D eigenvalue weighted by atomic mass is 9.86. The molecule has 4 atom stereocenters. The summed E-state index contributed by atoms with van der Waals surface area (Å²) in [5.41, 5.74) is 7.94. The number of thioether (sulfide) groups is 1. The first-order valence-electron chi connectivity index (χ1n) is 32.5. The van der Waals surface area contributed by atoms with Gasteiger partial charge < -0.3 is 71.4 Å². The number of rotatable bonds is 20. The second-order valence-corrected chi connectivity index (χ2v) is 25.7. The molecule has 4 aromatic carbocycles. The Balaban J connectivity index is 1.26. The summed E-state index contributed by atoms with van der Waals surface area (Å²) in [6.07, 6.45) is 2.95. The van der Waals surface area contributed by atoms with E-state index < -0.39 is 154 Å². The molecule has 0 radical (unpaired) electrons. The summed E-state index contributed by atoms with van der Waals surface area (Å²) in [7, 11) is 0. The summed E-state index contributed by atoms with van der Waals surface area (Å²) in [4.78, 5) is 170. The molecule has 0 spiro atoms. The van der Waals surface area contributed by atoms with Gasteiger partial charge in [0.05, 0.1) is 51.1 Å². The Morgan fingerprint density at radius 1 is 0.510 bits per heavy atom. The number of hydrogen-bond acceptors (Lipinski definition) is 15.